The predicted octanol–water partition coefficient (Wildman–Crippen LogP) is 2.62. The number of nitrogens with one attached hydrogen (secondary N) is 1. The van der Waals surface area contributed by atoms with E-state index in [2.05, 4.69) is 20.2 Å². The van der Waals surface area contributed by atoms with Crippen molar-refractivity contribution in [1.82, 2.24) is 14.2 Å². The van der Waals surface area contributed by atoms with Gasteiger partial charge < -0.3 is 21.1 Å². The SMILES string of the molecule is Nc1nc(NC2CCN(S(=O)(=O)C3=CCC(CCN4CCC(O)C4)N=C3)CC2)sc1C(=O)c1c(F)cccc1F. The number of aliphatic hydroxyl groups is 1. The van der Waals surface area contributed by atoms with Gasteiger partial charge in [0.1, 0.15) is 22.3 Å². The van der Waals surface area contributed by atoms with Crippen molar-refractivity contribution < 1.29 is 27.1 Å². The molecule has 10 nitrogen and oxygen atoms in total. The first-order valence-electron chi connectivity index (χ1n) is 13.3. The molecule has 1 aromatic carbocycles. The fourth-order valence-electron chi connectivity index (χ4n) is 5.20. The molecule has 5 rings (SSSR count). The minimum atomic E-state index is -3.67. The predicted molar refractivity (Wildman–Crippen MR) is 150 cm³/mol. The monoisotopic (exact) mass is 594 g/mol. The smallest absolute Gasteiger partial charge is 0.244 e. The highest BCUT2D eigenvalue weighted by Gasteiger charge is 2.32. The van der Waals surface area contributed by atoms with Crippen LogP contribution in [0.3, 0.4) is 0 Å². The number of allylic oxidation sites excluding steroid dienone is 1. The fourth-order valence-corrected chi connectivity index (χ4v) is 7.60. The summed E-state index contributed by atoms with van der Waals surface area (Å²) in [7, 11) is -3.67. The van der Waals surface area contributed by atoms with Gasteiger partial charge in [0.05, 0.1) is 22.6 Å². The molecule has 2 fully saturated rings. The summed E-state index contributed by atoms with van der Waals surface area (Å²) in [5, 5.41) is 13.2. The lowest BCUT2D eigenvalue weighted by Gasteiger charge is -2.32. The van der Waals surface area contributed by atoms with Gasteiger partial charge in [-0.05, 0) is 44.2 Å². The third-order valence-corrected chi connectivity index (χ3v) is 10.4. The Bertz CT molecular complexity index is 1400. The third-order valence-electron chi connectivity index (χ3n) is 7.50. The van der Waals surface area contributed by atoms with Crippen LogP contribution >= 0.6 is 11.3 Å². The van der Waals surface area contributed by atoms with Gasteiger partial charge in [-0.2, -0.15) is 4.31 Å². The molecule has 2 unspecified atom stereocenters. The van der Waals surface area contributed by atoms with Gasteiger partial charge in [0, 0.05) is 45.0 Å². The molecule has 14 heteroatoms. The highest BCUT2D eigenvalue weighted by Crippen LogP contribution is 2.31. The first kappa shape index (κ1) is 28.7. The minimum absolute atomic E-state index is 0.0315. The van der Waals surface area contributed by atoms with Crippen LogP contribution in [-0.2, 0) is 10.0 Å². The molecule has 4 heterocycles. The number of aliphatic hydroxyl groups excluding tert-OH is 1. The molecule has 40 heavy (non-hydrogen) atoms. The Morgan fingerprint density at radius 3 is 2.52 bits per heavy atom. The van der Waals surface area contributed by atoms with Crippen molar-refractivity contribution in [2.75, 3.05) is 43.8 Å². The van der Waals surface area contributed by atoms with E-state index in [4.69, 9.17) is 5.73 Å². The van der Waals surface area contributed by atoms with E-state index in [1.165, 1.54) is 16.6 Å². The first-order valence-corrected chi connectivity index (χ1v) is 15.5. The number of sulfonamides is 1. The Labute approximate surface area is 235 Å². The maximum absolute atomic E-state index is 14.1. The number of hydrogen-bond donors (Lipinski definition) is 3. The van der Waals surface area contributed by atoms with Gasteiger partial charge in [-0.3, -0.25) is 9.79 Å². The van der Waals surface area contributed by atoms with E-state index < -0.39 is 33.0 Å². The van der Waals surface area contributed by atoms with Gasteiger partial charge in [-0.1, -0.05) is 23.5 Å². The number of likely N-dealkylation sites (tertiary alicyclic amines) is 1. The van der Waals surface area contributed by atoms with Crippen LogP contribution in [0.5, 0.6) is 0 Å². The Hall–Kier alpha value is -2.78. The van der Waals surface area contributed by atoms with E-state index in [9.17, 15) is 27.1 Å². The number of carbonyl (C=O) groups is 1. The van der Waals surface area contributed by atoms with Crippen molar-refractivity contribution in [3.8, 4) is 0 Å². The second-order valence-corrected chi connectivity index (χ2v) is 13.2. The van der Waals surface area contributed by atoms with Crippen molar-refractivity contribution in [2.24, 2.45) is 4.99 Å². The topological polar surface area (TPSA) is 141 Å². The van der Waals surface area contributed by atoms with Crippen LogP contribution in [0.4, 0.5) is 19.7 Å². The fraction of sp³-hybridized carbons (Fsp3) is 0.500. The maximum atomic E-state index is 14.1. The molecule has 2 atom stereocenters. The van der Waals surface area contributed by atoms with Crippen LogP contribution in [-0.4, -0.2) is 90.6 Å². The molecule has 2 saturated heterocycles. The summed E-state index contributed by atoms with van der Waals surface area (Å²) in [4.78, 5) is 23.7. The van der Waals surface area contributed by atoms with Gasteiger partial charge in [0.15, 0.2) is 5.13 Å². The van der Waals surface area contributed by atoms with Gasteiger partial charge in [0.25, 0.3) is 0 Å². The summed E-state index contributed by atoms with van der Waals surface area (Å²) in [6.45, 7) is 2.97. The van der Waals surface area contributed by atoms with Gasteiger partial charge >= 0.3 is 0 Å². The minimum Gasteiger partial charge on any atom is -0.392 e. The summed E-state index contributed by atoms with van der Waals surface area (Å²) in [5.41, 5.74) is 5.21. The molecular weight excluding hydrogens is 562 g/mol. The summed E-state index contributed by atoms with van der Waals surface area (Å²) in [6.07, 6.45) is 6.10. The number of nitrogens with zero attached hydrogens (tertiary/aromatic N) is 4. The number of thiazole rings is 1. The van der Waals surface area contributed by atoms with Crippen molar-refractivity contribution in [3.05, 3.63) is 51.3 Å². The first-order chi connectivity index (χ1) is 19.1. The Morgan fingerprint density at radius 2 is 1.90 bits per heavy atom. The Kier molecular flexibility index (Phi) is 8.61. The molecule has 1 aromatic heterocycles. The molecule has 0 saturated carbocycles. The number of aromatic nitrogens is 1. The second-order valence-electron chi connectivity index (χ2n) is 10.3. The number of β-amino-alcohol motifs (C(OH)–C–C–N with tert-alkyl or cyclic N) is 1. The van der Waals surface area contributed by atoms with E-state index in [0.29, 0.717) is 44.0 Å². The molecule has 2 aromatic rings. The number of carbonyl (C=O) groups excluding carboxylic acids is 1. The van der Waals surface area contributed by atoms with Crippen LogP contribution < -0.4 is 11.1 Å². The standard InChI is InChI=1S/C26H32F2N6O4S2/c27-20-2-1-3-21(28)22(20)23(36)24-25(29)32-26(39-24)31-17-7-12-34(13-8-17)40(37,38)19-5-4-16(30-14-19)6-10-33-11-9-18(35)15-33/h1-3,5,14,16-18,35H,4,6-13,15,29H2,(H,31,32). The third kappa shape index (κ3) is 6.25. The van der Waals surface area contributed by atoms with E-state index in [0.717, 1.165) is 49.4 Å². The largest absolute Gasteiger partial charge is 0.392 e. The van der Waals surface area contributed by atoms with Crippen LogP contribution in [0.1, 0.15) is 47.3 Å². The number of ketones is 1. The lowest BCUT2D eigenvalue weighted by atomic mass is 10.1. The molecule has 0 amide bonds. The molecule has 0 bridgehead atoms. The lowest BCUT2D eigenvalue weighted by molar-refractivity contribution is 0.103. The number of rotatable bonds is 9. The molecule has 0 radical (unpaired) electrons. The van der Waals surface area contributed by atoms with Crippen molar-refractivity contribution in [2.45, 2.75) is 50.3 Å². The number of anilines is 2. The number of nitrogen functional groups attached to an aromatic ring is 1. The van der Waals surface area contributed by atoms with Crippen LogP contribution in [0.2, 0.25) is 0 Å². The molecule has 216 valence electrons. The van der Waals surface area contributed by atoms with Gasteiger partial charge in [-0.15, -0.1) is 0 Å². The maximum Gasteiger partial charge on any atom is 0.244 e. The Morgan fingerprint density at radius 1 is 1.18 bits per heavy atom. The summed E-state index contributed by atoms with van der Waals surface area (Å²) in [6, 6.07) is 3.10. The Balaban J connectivity index is 1.13. The summed E-state index contributed by atoms with van der Waals surface area (Å²) < 4.78 is 56.0. The summed E-state index contributed by atoms with van der Waals surface area (Å²) >= 11 is 0.911. The van der Waals surface area contributed by atoms with Gasteiger partial charge in [-0.25, -0.2) is 22.2 Å². The number of nitrogens with two attached hydrogens (primary N) is 1. The lowest BCUT2D eigenvalue weighted by Crippen LogP contribution is -2.43. The highest BCUT2D eigenvalue weighted by molar-refractivity contribution is 7.93. The van der Waals surface area contributed by atoms with Crippen molar-refractivity contribution in [3.63, 3.8) is 0 Å². The average molecular weight is 595 g/mol. The zero-order chi connectivity index (χ0) is 28.4. The van der Waals surface area contributed by atoms with E-state index in [-0.39, 0.29) is 33.8 Å². The highest BCUT2D eigenvalue weighted by atomic mass is 32.2. The van der Waals surface area contributed by atoms with E-state index >= 15 is 0 Å². The average Bonchev–Trinajstić information content (AvgIpc) is 3.52. The quantitative estimate of drug-likeness (QED) is 0.377. The zero-order valence-electron chi connectivity index (χ0n) is 21.8. The number of piperidine rings is 1. The number of halogens is 2. The molecule has 3 aliphatic rings. The van der Waals surface area contributed by atoms with Crippen molar-refractivity contribution >= 4 is 44.3 Å². The number of benzene rings is 1. The second kappa shape index (κ2) is 12.0. The molecule has 0 spiro atoms. The molecule has 0 aliphatic carbocycles. The van der Waals surface area contributed by atoms with Crippen LogP contribution in [0.25, 0.3) is 0 Å². The molecular formula is C26H32F2N6O4S2. The molecule has 3 aliphatic heterocycles. The number of dihydropyridines is 1. The van der Waals surface area contributed by atoms with Crippen LogP contribution in [0.15, 0.2) is 34.2 Å². The van der Waals surface area contributed by atoms with Crippen LogP contribution in [0, 0.1) is 11.6 Å². The van der Waals surface area contributed by atoms with Gasteiger partial charge in [0.2, 0.25) is 15.8 Å². The summed E-state index contributed by atoms with van der Waals surface area (Å²) in [5.74, 6) is -2.95. The number of hydrogen-bond acceptors (Lipinski definition) is 10. The van der Waals surface area contributed by atoms with E-state index in [1.807, 2.05) is 0 Å². The molecule has 4 N–H and O–H groups in total. The van der Waals surface area contributed by atoms with E-state index in [1.54, 1.807) is 6.08 Å². The normalized spacial score (nSPS) is 22.9. The van der Waals surface area contributed by atoms with Crippen molar-refractivity contribution in [1.29, 1.82) is 0 Å². The number of aliphatic imine (C=N–C) groups is 1. The zero-order valence-corrected chi connectivity index (χ0v) is 23.4.